The molecule has 19 heavy (non-hydrogen) atoms. The third kappa shape index (κ3) is 3.19. The number of hydrogen-bond acceptors (Lipinski definition) is 1. The Morgan fingerprint density at radius 3 is 2.42 bits per heavy atom. The molecule has 1 heterocycles. The van der Waals surface area contributed by atoms with E-state index in [0.717, 1.165) is 6.54 Å². The van der Waals surface area contributed by atoms with E-state index in [9.17, 15) is 4.79 Å². The van der Waals surface area contributed by atoms with E-state index >= 15 is 0 Å². The van der Waals surface area contributed by atoms with Gasteiger partial charge in [-0.2, -0.15) is 0 Å². The van der Waals surface area contributed by atoms with Crippen molar-refractivity contribution in [1.29, 1.82) is 0 Å². The minimum atomic E-state index is 0.172. The summed E-state index contributed by atoms with van der Waals surface area (Å²) in [5.41, 5.74) is 1.21. The first-order valence-corrected chi connectivity index (χ1v) is 7.90. The van der Waals surface area contributed by atoms with Gasteiger partial charge in [-0.3, -0.25) is 4.79 Å². The van der Waals surface area contributed by atoms with Gasteiger partial charge in [-0.25, -0.2) is 0 Å². The van der Waals surface area contributed by atoms with Crippen LogP contribution in [0.15, 0.2) is 30.3 Å². The Morgan fingerprint density at radius 1 is 1.21 bits per heavy atom. The molecule has 3 atom stereocenters. The minimum Gasteiger partial charge on any atom is -0.336 e. The van der Waals surface area contributed by atoms with Gasteiger partial charge in [0.15, 0.2) is 0 Å². The molecule has 1 aromatic carbocycles. The third-order valence-electron chi connectivity index (χ3n) is 4.03. The van der Waals surface area contributed by atoms with E-state index in [0.29, 0.717) is 23.1 Å². The summed E-state index contributed by atoms with van der Waals surface area (Å²) in [6.45, 7) is 7.39. The molecule has 1 aliphatic rings. The van der Waals surface area contributed by atoms with E-state index in [-0.39, 0.29) is 11.9 Å². The molecule has 1 unspecified atom stereocenters. The van der Waals surface area contributed by atoms with Crippen LogP contribution in [-0.4, -0.2) is 22.2 Å². The topological polar surface area (TPSA) is 20.3 Å². The van der Waals surface area contributed by atoms with Crippen molar-refractivity contribution in [2.45, 2.75) is 38.1 Å². The van der Waals surface area contributed by atoms with Gasteiger partial charge in [0.1, 0.15) is 0 Å². The summed E-state index contributed by atoms with van der Waals surface area (Å²) in [7, 11) is 0. The number of carbonyl (C=O) groups excluding carboxylic acids is 1. The zero-order valence-electron chi connectivity index (χ0n) is 11.8. The molecule has 0 aromatic heterocycles. The van der Waals surface area contributed by atoms with Crippen molar-refractivity contribution in [2.75, 3.05) is 6.54 Å². The van der Waals surface area contributed by atoms with Crippen molar-refractivity contribution in [1.82, 2.24) is 4.90 Å². The highest BCUT2D eigenvalue weighted by atomic mass is 79.9. The van der Waals surface area contributed by atoms with Crippen LogP contribution in [0, 0.1) is 11.8 Å². The van der Waals surface area contributed by atoms with Gasteiger partial charge in [-0.05, 0) is 24.3 Å². The lowest BCUT2D eigenvalue weighted by molar-refractivity contribution is -0.129. The summed E-state index contributed by atoms with van der Waals surface area (Å²) in [5.74, 6) is 1.27. The maximum atomic E-state index is 12.2. The summed E-state index contributed by atoms with van der Waals surface area (Å²) in [5, 5.41) is 0. The summed E-state index contributed by atoms with van der Waals surface area (Å²) < 4.78 is 0. The number of likely N-dealkylation sites (tertiary alicyclic amines) is 1. The fourth-order valence-corrected chi connectivity index (χ4v) is 3.16. The number of carbonyl (C=O) groups is 1. The van der Waals surface area contributed by atoms with Crippen LogP contribution in [0.5, 0.6) is 0 Å². The number of nitrogens with zero attached hydrogens (tertiary/aromatic N) is 1. The Labute approximate surface area is 124 Å². The van der Waals surface area contributed by atoms with Crippen LogP contribution in [0.4, 0.5) is 0 Å². The lowest BCUT2D eigenvalue weighted by Crippen LogP contribution is -2.30. The van der Waals surface area contributed by atoms with E-state index < -0.39 is 0 Å². The van der Waals surface area contributed by atoms with Crippen LogP contribution >= 0.6 is 15.9 Å². The first-order chi connectivity index (χ1) is 9.00. The smallest absolute Gasteiger partial charge is 0.223 e. The van der Waals surface area contributed by atoms with Crippen LogP contribution in [0.1, 0.15) is 38.8 Å². The molecule has 1 aliphatic heterocycles. The van der Waals surface area contributed by atoms with Crippen molar-refractivity contribution in [3.8, 4) is 0 Å². The number of alkyl halides is 1. The third-order valence-corrected chi connectivity index (χ3v) is 5.83. The maximum Gasteiger partial charge on any atom is 0.223 e. The summed E-state index contributed by atoms with van der Waals surface area (Å²) in [6.07, 6.45) is 0.672. The summed E-state index contributed by atoms with van der Waals surface area (Å²) >= 11 is 3.75. The van der Waals surface area contributed by atoms with Crippen LogP contribution in [0.25, 0.3) is 0 Å². The van der Waals surface area contributed by atoms with Crippen molar-refractivity contribution in [3.05, 3.63) is 35.9 Å². The van der Waals surface area contributed by atoms with Gasteiger partial charge >= 0.3 is 0 Å². The standard InChI is InChI=1S/C16H22BrNO/c1-11(2)16(17)14-9-15(19)18(10-14)12(3)13-7-5-4-6-8-13/h4-8,11-12,14,16H,9-10H2,1-3H3/t12-,14-,16?/m0/s1. The predicted molar refractivity (Wildman–Crippen MR) is 82.2 cm³/mol. The highest BCUT2D eigenvalue weighted by Gasteiger charge is 2.37. The molecule has 3 heteroatoms. The molecule has 0 saturated carbocycles. The van der Waals surface area contributed by atoms with E-state index in [1.54, 1.807) is 0 Å². The fraction of sp³-hybridized carbons (Fsp3) is 0.562. The van der Waals surface area contributed by atoms with Crippen molar-refractivity contribution < 1.29 is 4.79 Å². The van der Waals surface area contributed by atoms with E-state index in [4.69, 9.17) is 0 Å². The molecule has 1 fully saturated rings. The molecule has 1 saturated heterocycles. The van der Waals surface area contributed by atoms with Crippen molar-refractivity contribution in [3.63, 3.8) is 0 Å². The van der Waals surface area contributed by atoms with E-state index in [2.05, 4.69) is 48.8 Å². The molecule has 104 valence electrons. The zero-order chi connectivity index (χ0) is 14.0. The first kappa shape index (κ1) is 14.6. The molecule has 0 spiro atoms. The second-order valence-electron chi connectivity index (χ2n) is 5.79. The largest absolute Gasteiger partial charge is 0.336 e. The average Bonchev–Trinajstić information content (AvgIpc) is 2.80. The van der Waals surface area contributed by atoms with Gasteiger partial charge in [0, 0.05) is 17.8 Å². The number of benzene rings is 1. The number of rotatable bonds is 4. The number of hydrogen-bond donors (Lipinski definition) is 0. The summed E-state index contributed by atoms with van der Waals surface area (Å²) in [4.78, 5) is 14.7. The van der Waals surface area contributed by atoms with Crippen molar-refractivity contribution in [2.24, 2.45) is 11.8 Å². The Balaban J connectivity index is 2.08. The molecular formula is C16H22BrNO. The van der Waals surface area contributed by atoms with Crippen LogP contribution < -0.4 is 0 Å². The van der Waals surface area contributed by atoms with Gasteiger partial charge in [0.25, 0.3) is 0 Å². The van der Waals surface area contributed by atoms with Crippen LogP contribution in [0.3, 0.4) is 0 Å². The SMILES string of the molecule is CC(C)C(Br)[C@H]1CC(=O)N([C@@H](C)c2ccccc2)C1. The Morgan fingerprint density at radius 2 is 1.84 bits per heavy atom. The molecule has 0 bridgehead atoms. The van der Waals surface area contributed by atoms with Gasteiger partial charge in [0.05, 0.1) is 6.04 Å². The number of halogens is 1. The molecule has 2 rings (SSSR count). The fourth-order valence-electron chi connectivity index (χ4n) is 2.80. The van der Waals surface area contributed by atoms with E-state index in [1.807, 2.05) is 23.1 Å². The van der Waals surface area contributed by atoms with Gasteiger partial charge in [-0.15, -0.1) is 0 Å². The van der Waals surface area contributed by atoms with Crippen LogP contribution in [-0.2, 0) is 4.79 Å². The Hall–Kier alpha value is -0.830. The highest BCUT2D eigenvalue weighted by molar-refractivity contribution is 9.09. The van der Waals surface area contributed by atoms with E-state index in [1.165, 1.54) is 5.56 Å². The lowest BCUT2D eigenvalue weighted by atomic mass is 9.96. The quantitative estimate of drug-likeness (QED) is 0.766. The van der Waals surface area contributed by atoms with Gasteiger partial charge in [0.2, 0.25) is 5.91 Å². The first-order valence-electron chi connectivity index (χ1n) is 6.99. The molecule has 2 nitrogen and oxygen atoms in total. The Bertz CT molecular complexity index is 432. The van der Waals surface area contributed by atoms with Gasteiger partial charge < -0.3 is 4.90 Å². The normalized spacial score (nSPS) is 22.9. The molecule has 0 radical (unpaired) electrons. The molecule has 0 aliphatic carbocycles. The second-order valence-corrected chi connectivity index (χ2v) is 6.84. The zero-order valence-corrected chi connectivity index (χ0v) is 13.4. The highest BCUT2D eigenvalue weighted by Crippen LogP contribution is 2.34. The van der Waals surface area contributed by atoms with Crippen LogP contribution in [0.2, 0.25) is 0 Å². The predicted octanol–water partition coefficient (Wildman–Crippen LogP) is 4.02. The average molecular weight is 324 g/mol. The molecule has 1 aromatic rings. The monoisotopic (exact) mass is 323 g/mol. The molecular weight excluding hydrogens is 302 g/mol. The van der Waals surface area contributed by atoms with Crippen molar-refractivity contribution >= 4 is 21.8 Å². The number of amides is 1. The Kier molecular flexibility index (Phi) is 4.67. The second kappa shape index (κ2) is 6.08. The van der Waals surface area contributed by atoms with Gasteiger partial charge in [-0.1, -0.05) is 60.1 Å². The minimum absolute atomic E-state index is 0.172. The lowest BCUT2D eigenvalue weighted by Gasteiger charge is -2.26. The summed E-state index contributed by atoms with van der Waals surface area (Å²) in [6, 6.07) is 10.4. The molecule has 0 N–H and O–H groups in total. The maximum absolute atomic E-state index is 12.2. The molecule has 1 amide bonds.